The van der Waals surface area contributed by atoms with Gasteiger partial charge >= 0.3 is 0 Å². The first-order valence-electron chi connectivity index (χ1n) is 9.95. The van der Waals surface area contributed by atoms with Gasteiger partial charge in [-0.3, -0.25) is 14.5 Å². The molecule has 10 heteroatoms. The highest BCUT2D eigenvalue weighted by molar-refractivity contribution is 7.20. The van der Waals surface area contributed by atoms with Crippen molar-refractivity contribution in [3.05, 3.63) is 52.2 Å². The fraction of sp³-hybridized carbons (Fsp3) is 0.400. The summed E-state index contributed by atoms with van der Waals surface area (Å²) in [6, 6.07) is 7.67. The highest BCUT2D eigenvalue weighted by Gasteiger charge is 2.22. The van der Waals surface area contributed by atoms with E-state index in [1.807, 2.05) is 4.90 Å². The third-order valence-electron chi connectivity index (χ3n) is 4.95. The lowest BCUT2D eigenvalue weighted by Crippen LogP contribution is -2.48. The van der Waals surface area contributed by atoms with Gasteiger partial charge in [-0.05, 0) is 18.6 Å². The van der Waals surface area contributed by atoms with Crippen LogP contribution in [0.3, 0.4) is 0 Å². The number of halogens is 1. The number of carbonyl (C=O) groups excluding carboxylic acids is 1. The summed E-state index contributed by atoms with van der Waals surface area (Å²) in [7, 11) is 0. The lowest BCUT2D eigenvalue weighted by atomic mass is 10.2. The molecule has 0 atom stereocenters. The van der Waals surface area contributed by atoms with Crippen LogP contribution in [0, 0.1) is 5.82 Å². The molecule has 2 aromatic heterocycles. The fourth-order valence-electron chi connectivity index (χ4n) is 3.41. The molecule has 1 aliphatic heterocycles. The first-order chi connectivity index (χ1) is 14.5. The van der Waals surface area contributed by atoms with Gasteiger partial charge in [-0.15, -0.1) is 5.10 Å². The summed E-state index contributed by atoms with van der Waals surface area (Å²) in [6.07, 6.45) is 1.70. The summed E-state index contributed by atoms with van der Waals surface area (Å²) >= 11 is 1.40. The summed E-state index contributed by atoms with van der Waals surface area (Å²) in [6.45, 7) is 4.96. The quantitative estimate of drug-likeness (QED) is 0.644. The molecule has 3 heterocycles. The van der Waals surface area contributed by atoms with Crippen LogP contribution in [-0.4, -0.2) is 58.1 Å². The van der Waals surface area contributed by atoms with E-state index in [2.05, 4.69) is 27.2 Å². The molecule has 1 saturated heterocycles. The van der Waals surface area contributed by atoms with Crippen LogP contribution in [-0.2, 0) is 11.2 Å². The molecule has 0 bridgehead atoms. The van der Waals surface area contributed by atoms with Gasteiger partial charge in [-0.25, -0.2) is 9.37 Å². The maximum atomic E-state index is 13.7. The summed E-state index contributed by atoms with van der Waals surface area (Å²) in [5.41, 5.74) is 0.828. The number of nitrogens with zero attached hydrogens (tertiary/aromatic N) is 5. The molecule has 1 fully saturated rings. The van der Waals surface area contributed by atoms with Gasteiger partial charge in [0.1, 0.15) is 5.82 Å². The molecular formula is C20H23FN6O2S. The molecule has 8 nitrogen and oxygen atoms in total. The molecule has 0 aliphatic carbocycles. The number of hydrogen-bond donors (Lipinski definition) is 1. The van der Waals surface area contributed by atoms with Crippen molar-refractivity contribution in [3.63, 3.8) is 0 Å². The van der Waals surface area contributed by atoms with Gasteiger partial charge in [0, 0.05) is 37.9 Å². The van der Waals surface area contributed by atoms with Crippen LogP contribution in [0.5, 0.6) is 0 Å². The Labute approximate surface area is 177 Å². The summed E-state index contributed by atoms with van der Waals surface area (Å²) in [5, 5.41) is 7.80. The van der Waals surface area contributed by atoms with Gasteiger partial charge in [-0.2, -0.15) is 4.52 Å². The number of benzene rings is 1. The van der Waals surface area contributed by atoms with E-state index >= 15 is 0 Å². The van der Waals surface area contributed by atoms with E-state index in [0.717, 1.165) is 23.7 Å². The highest BCUT2D eigenvalue weighted by atomic mass is 32.1. The Morgan fingerprint density at radius 3 is 2.73 bits per heavy atom. The van der Waals surface area contributed by atoms with Crippen LogP contribution in [0.25, 0.3) is 4.96 Å². The van der Waals surface area contributed by atoms with Crippen molar-refractivity contribution in [2.24, 2.45) is 0 Å². The van der Waals surface area contributed by atoms with E-state index in [1.165, 1.54) is 21.9 Å². The second kappa shape index (κ2) is 8.88. The first kappa shape index (κ1) is 20.4. The highest BCUT2D eigenvalue weighted by Crippen LogP contribution is 2.23. The van der Waals surface area contributed by atoms with E-state index in [0.29, 0.717) is 31.1 Å². The van der Waals surface area contributed by atoms with Gasteiger partial charge in [0.05, 0.1) is 12.2 Å². The van der Waals surface area contributed by atoms with Crippen LogP contribution >= 0.6 is 11.3 Å². The summed E-state index contributed by atoms with van der Waals surface area (Å²) in [5.74, 6) is -0.690. The molecule has 1 aromatic carbocycles. The first-order valence-corrected chi connectivity index (χ1v) is 10.8. The topological polar surface area (TPSA) is 82.8 Å². The average Bonchev–Trinajstić information content (AvgIpc) is 3.15. The SMILES string of the molecule is CCCc1cc(=O)n2nc(N3CCN(CC(=O)Nc4ccccc4F)CC3)sc2n1. The minimum absolute atomic E-state index is 0.158. The van der Waals surface area contributed by atoms with E-state index in [9.17, 15) is 14.0 Å². The predicted molar refractivity (Wildman–Crippen MR) is 115 cm³/mol. The van der Waals surface area contributed by atoms with Crippen molar-refractivity contribution in [3.8, 4) is 0 Å². The predicted octanol–water partition coefficient (Wildman–Crippen LogP) is 2.00. The number of carbonyl (C=O) groups is 1. The maximum absolute atomic E-state index is 13.7. The second-order valence-electron chi connectivity index (χ2n) is 7.21. The van der Waals surface area contributed by atoms with Crippen molar-refractivity contribution in [1.82, 2.24) is 19.5 Å². The van der Waals surface area contributed by atoms with Crippen molar-refractivity contribution in [2.45, 2.75) is 19.8 Å². The molecule has 3 aromatic rings. The molecule has 1 aliphatic rings. The van der Waals surface area contributed by atoms with Gasteiger partial charge in [0.15, 0.2) is 0 Å². The Morgan fingerprint density at radius 2 is 2.00 bits per heavy atom. The number of hydrogen-bond acceptors (Lipinski definition) is 7. The zero-order valence-corrected chi connectivity index (χ0v) is 17.5. The van der Waals surface area contributed by atoms with Crippen LogP contribution < -0.4 is 15.8 Å². The van der Waals surface area contributed by atoms with Crippen LogP contribution in [0.2, 0.25) is 0 Å². The standard InChI is InChI=1S/C20H23FN6O2S/c1-2-5-14-12-18(29)27-19(22-14)30-20(24-27)26-10-8-25(9-11-26)13-17(28)23-16-7-4-3-6-15(16)21/h3-4,6-7,12H,2,5,8-11,13H2,1H3,(H,23,28). The number of nitrogens with one attached hydrogen (secondary N) is 1. The number of piperazine rings is 1. The van der Waals surface area contributed by atoms with Gasteiger partial charge in [0.2, 0.25) is 16.0 Å². The summed E-state index contributed by atoms with van der Waals surface area (Å²) < 4.78 is 15.0. The normalized spacial score (nSPS) is 14.9. The Morgan fingerprint density at radius 1 is 1.23 bits per heavy atom. The molecule has 1 amide bonds. The number of rotatable bonds is 6. The van der Waals surface area contributed by atoms with Crippen molar-refractivity contribution in [1.29, 1.82) is 0 Å². The molecule has 158 valence electrons. The van der Waals surface area contributed by atoms with E-state index < -0.39 is 5.82 Å². The maximum Gasteiger partial charge on any atom is 0.275 e. The average molecular weight is 431 g/mol. The van der Waals surface area contributed by atoms with Gasteiger partial charge in [-0.1, -0.05) is 36.8 Å². The number of aromatic nitrogens is 3. The molecule has 0 unspecified atom stereocenters. The van der Waals surface area contributed by atoms with Crippen molar-refractivity contribution >= 4 is 33.0 Å². The minimum Gasteiger partial charge on any atom is -0.344 e. The number of fused-ring (bicyclic) bond motifs is 1. The van der Waals surface area contributed by atoms with Gasteiger partial charge < -0.3 is 10.2 Å². The molecule has 0 saturated carbocycles. The number of aryl methyl sites for hydroxylation is 1. The van der Waals surface area contributed by atoms with Crippen LogP contribution in [0.1, 0.15) is 19.0 Å². The number of para-hydroxylation sites is 1. The molecule has 4 rings (SSSR count). The Hall–Kier alpha value is -2.85. The van der Waals surface area contributed by atoms with E-state index in [4.69, 9.17) is 0 Å². The largest absolute Gasteiger partial charge is 0.344 e. The Bertz CT molecular complexity index is 1110. The zero-order valence-electron chi connectivity index (χ0n) is 16.7. The van der Waals surface area contributed by atoms with Crippen molar-refractivity contribution in [2.75, 3.05) is 42.9 Å². The second-order valence-corrected chi connectivity index (χ2v) is 8.14. The van der Waals surface area contributed by atoms with Crippen LogP contribution in [0.4, 0.5) is 15.2 Å². The molecule has 0 radical (unpaired) electrons. The molecule has 1 N–H and O–H groups in total. The Kier molecular flexibility index (Phi) is 6.05. The van der Waals surface area contributed by atoms with Crippen LogP contribution in [0.15, 0.2) is 35.1 Å². The molecular weight excluding hydrogens is 407 g/mol. The summed E-state index contributed by atoms with van der Waals surface area (Å²) in [4.78, 5) is 33.8. The van der Waals surface area contributed by atoms with Gasteiger partial charge in [0.25, 0.3) is 5.56 Å². The smallest absolute Gasteiger partial charge is 0.275 e. The Balaban J connectivity index is 1.36. The van der Waals surface area contributed by atoms with Crippen molar-refractivity contribution < 1.29 is 9.18 Å². The third-order valence-corrected chi connectivity index (χ3v) is 5.92. The van der Waals surface area contributed by atoms with E-state index in [1.54, 1.807) is 24.3 Å². The number of anilines is 2. The van der Waals surface area contributed by atoms with E-state index in [-0.39, 0.29) is 23.7 Å². The molecule has 30 heavy (non-hydrogen) atoms. The molecule has 0 spiro atoms. The fourth-order valence-corrected chi connectivity index (χ4v) is 4.39. The zero-order chi connectivity index (χ0) is 21.1. The minimum atomic E-state index is -0.447. The monoisotopic (exact) mass is 430 g/mol. The lowest BCUT2D eigenvalue weighted by Gasteiger charge is -2.33. The third kappa shape index (κ3) is 4.49. The lowest BCUT2D eigenvalue weighted by molar-refractivity contribution is -0.117. The number of amides is 1.